The lowest BCUT2D eigenvalue weighted by atomic mass is 9.95. The van der Waals surface area contributed by atoms with E-state index in [0.29, 0.717) is 33.0 Å². The van der Waals surface area contributed by atoms with Gasteiger partial charge in [-0.15, -0.1) is 0 Å². The number of nitrogens with zero attached hydrogens (tertiary/aromatic N) is 2. The third-order valence-corrected chi connectivity index (χ3v) is 7.13. The van der Waals surface area contributed by atoms with E-state index in [-0.39, 0.29) is 16.5 Å². The molecule has 0 fully saturated rings. The number of halogens is 1. The molecule has 1 aliphatic heterocycles. The number of carbonyl (C=O) groups excluding carboxylic acids is 2. The van der Waals surface area contributed by atoms with Crippen LogP contribution in [0.1, 0.15) is 27.9 Å². The number of para-hydroxylation sites is 1. The van der Waals surface area contributed by atoms with Gasteiger partial charge in [-0.3, -0.25) is 14.5 Å². The van der Waals surface area contributed by atoms with E-state index in [1.54, 1.807) is 49.4 Å². The van der Waals surface area contributed by atoms with Gasteiger partial charge in [0, 0.05) is 0 Å². The summed E-state index contributed by atoms with van der Waals surface area (Å²) in [5, 5.41) is 11.2. The highest BCUT2D eigenvalue weighted by atomic mass is 32.1. The number of aromatic nitrogens is 1. The van der Waals surface area contributed by atoms with E-state index >= 15 is 0 Å². The summed E-state index contributed by atoms with van der Waals surface area (Å²) in [7, 11) is 0. The summed E-state index contributed by atoms with van der Waals surface area (Å²) >= 11 is 1.08. The van der Waals surface area contributed by atoms with Gasteiger partial charge in [0.2, 0.25) is 5.78 Å². The van der Waals surface area contributed by atoms with Gasteiger partial charge in [-0.2, -0.15) is 0 Å². The van der Waals surface area contributed by atoms with Gasteiger partial charge in [-0.05, 0) is 67.1 Å². The number of ether oxygens (including phenoxy) is 1. The molecule has 0 aliphatic carbocycles. The van der Waals surface area contributed by atoms with Crippen molar-refractivity contribution >= 4 is 38.4 Å². The standard InChI is InChI=1S/C29H19FN2O5S/c1-16-10-13-22(36-16)26(33)24-25(17-6-5-9-20(14-17)37-19-7-3-2-4-8-19)32(28(35)27(24)34)29-31-21-12-11-18(30)15-23(21)38-29/h2-15,25,34H,1H3. The molecule has 2 aromatic heterocycles. The second-order valence-electron chi connectivity index (χ2n) is 8.68. The van der Waals surface area contributed by atoms with Gasteiger partial charge in [-0.1, -0.05) is 41.7 Å². The van der Waals surface area contributed by atoms with Crippen molar-refractivity contribution in [1.29, 1.82) is 0 Å². The minimum absolute atomic E-state index is 0.00763. The number of aliphatic hydroxyl groups excluding tert-OH is 1. The summed E-state index contributed by atoms with van der Waals surface area (Å²) in [5.41, 5.74) is 0.847. The second kappa shape index (κ2) is 9.28. The first-order valence-electron chi connectivity index (χ1n) is 11.7. The molecule has 5 aromatic rings. The number of anilines is 1. The van der Waals surface area contributed by atoms with Crippen LogP contribution in [0.4, 0.5) is 9.52 Å². The minimum Gasteiger partial charge on any atom is -0.503 e. The second-order valence-corrected chi connectivity index (χ2v) is 9.68. The van der Waals surface area contributed by atoms with Crippen LogP contribution < -0.4 is 9.64 Å². The molecule has 1 aliphatic rings. The smallest absolute Gasteiger partial charge is 0.296 e. The first kappa shape index (κ1) is 23.6. The molecule has 0 spiro atoms. The Bertz CT molecular complexity index is 1740. The molecular formula is C29H19FN2O5S. The largest absolute Gasteiger partial charge is 0.503 e. The van der Waals surface area contributed by atoms with Crippen molar-refractivity contribution in [1.82, 2.24) is 4.98 Å². The monoisotopic (exact) mass is 526 g/mol. The molecule has 0 radical (unpaired) electrons. The van der Waals surface area contributed by atoms with Gasteiger partial charge in [0.05, 0.1) is 21.8 Å². The molecule has 38 heavy (non-hydrogen) atoms. The number of aliphatic hydroxyl groups is 1. The Morgan fingerprint density at radius 2 is 1.82 bits per heavy atom. The first-order valence-corrected chi connectivity index (χ1v) is 12.5. The number of ketones is 1. The number of aryl methyl sites for hydroxylation is 1. The molecule has 0 bridgehead atoms. The maximum atomic E-state index is 13.9. The summed E-state index contributed by atoms with van der Waals surface area (Å²) in [6.07, 6.45) is 0. The van der Waals surface area contributed by atoms with Crippen molar-refractivity contribution in [3.05, 3.63) is 119 Å². The van der Waals surface area contributed by atoms with E-state index < -0.39 is 29.3 Å². The topological polar surface area (TPSA) is 92.9 Å². The van der Waals surface area contributed by atoms with Crippen LogP contribution >= 0.6 is 11.3 Å². The van der Waals surface area contributed by atoms with Crippen molar-refractivity contribution in [3.63, 3.8) is 0 Å². The molecule has 0 saturated heterocycles. The number of carbonyl (C=O) groups is 2. The predicted molar refractivity (Wildman–Crippen MR) is 140 cm³/mol. The third kappa shape index (κ3) is 4.12. The molecule has 6 rings (SSSR count). The number of hydrogen-bond donors (Lipinski definition) is 1. The van der Waals surface area contributed by atoms with Crippen LogP contribution in [0.15, 0.2) is 101 Å². The average molecular weight is 527 g/mol. The number of hydrogen-bond acceptors (Lipinski definition) is 7. The highest BCUT2D eigenvalue weighted by Gasteiger charge is 2.46. The normalized spacial score (nSPS) is 15.5. The number of thiazole rings is 1. The van der Waals surface area contributed by atoms with Crippen molar-refractivity contribution < 1.29 is 28.2 Å². The van der Waals surface area contributed by atoms with Crippen molar-refractivity contribution in [2.24, 2.45) is 0 Å². The molecule has 1 unspecified atom stereocenters. The van der Waals surface area contributed by atoms with Crippen LogP contribution in [0, 0.1) is 12.7 Å². The van der Waals surface area contributed by atoms with Crippen LogP contribution in [-0.4, -0.2) is 21.8 Å². The zero-order chi connectivity index (χ0) is 26.4. The molecule has 0 saturated carbocycles. The fourth-order valence-electron chi connectivity index (χ4n) is 4.40. The Morgan fingerprint density at radius 1 is 1.03 bits per heavy atom. The molecule has 7 nitrogen and oxygen atoms in total. The van der Waals surface area contributed by atoms with Gasteiger partial charge in [0.15, 0.2) is 16.7 Å². The fraction of sp³-hybridized carbons (Fsp3) is 0.0690. The van der Waals surface area contributed by atoms with Gasteiger partial charge in [-0.25, -0.2) is 9.37 Å². The Kier molecular flexibility index (Phi) is 5.77. The van der Waals surface area contributed by atoms with E-state index in [2.05, 4.69) is 4.98 Å². The molecule has 1 amide bonds. The summed E-state index contributed by atoms with van der Waals surface area (Å²) in [5.74, 6) is -0.975. The molecule has 3 aromatic carbocycles. The minimum atomic E-state index is -1.04. The molecule has 1 N–H and O–H groups in total. The Labute approximate surface area is 220 Å². The first-order chi connectivity index (χ1) is 18.4. The van der Waals surface area contributed by atoms with Crippen molar-refractivity contribution in [2.75, 3.05) is 4.90 Å². The van der Waals surface area contributed by atoms with Crippen LogP contribution in [0.2, 0.25) is 0 Å². The van der Waals surface area contributed by atoms with Crippen LogP contribution in [-0.2, 0) is 4.79 Å². The number of benzene rings is 3. The maximum Gasteiger partial charge on any atom is 0.296 e. The van der Waals surface area contributed by atoms with Crippen LogP contribution in [0.3, 0.4) is 0 Å². The maximum absolute atomic E-state index is 13.9. The highest BCUT2D eigenvalue weighted by Crippen LogP contribution is 2.45. The number of fused-ring (bicyclic) bond motifs is 1. The van der Waals surface area contributed by atoms with E-state index in [9.17, 15) is 19.1 Å². The summed E-state index contributed by atoms with van der Waals surface area (Å²) < 4.78 is 25.9. The number of rotatable bonds is 6. The highest BCUT2D eigenvalue weighted by molar-refractivity contribution is 7.22. The molecule has 1 atom stereocenters. The van der Waals surface area contributed by atoms with Gasteiger partial charge in [0.25, 0.3) is 5.91 Å². The van der Waals surface area contributed by atoms with Gasteiger partial charge >= 0.3 is 0 Å². The summed E-state index contributed by atoms with van der Waals surface area (Å²) in [6, 6.07) is 22.3. The number of amides is 1. The Balaban J connectivity index is 1.48. The van der Waals surface area contributed by atoms with Crippen LogP contribution in [0.25, 0.3) is 10.2 Å². The Hall–Kier alpha value is -4.76. The molecule has 9 heteroatoms. The zero-order valence-electron chi connectivity index (χ0n) is 19.9. The average Bonchev–Trinajstić information content (AvgIpc) is 3.60. The van der Waals surface area contributed by atoms with E-state index in [1.807, 2.05) is 18.2 Å². The fourth-order valence-corrected chi connectivity index (χ4v) is 5.42. The van der Waals surface area contributed by atoms with Crippen molar-refractivity contribution in [3.8, 4) is 11.5 Å². The van der Waals surface area contributed by atoms with Crippen molar-refractivity contribution in [2.45, 2.75) is 13.0 Å². The lowest BCUT2D eigenvalue weighted by Gasteiger charge is -2.24. The molecule has 3 heterocycles. The Morgan fingerprint density at radius 3 is 2.58 bits per heavy atom. The van der Waals surface area contributed by atoms with E-state index in [4.69, 9.17) is 9.15 Å². The number of Topliss-reactive ketones (excluding diaryl/α,β-unsaturated/α-hetero) is 1. The number of furan rings is 1. The zero-order valence-corrected chi connectivity index (χ0v) is 20.7. The van der Waals surface area contributed by atoms with E-state index in [0.717, 1.165) is 11.3 Å². The lowest BCUT2D eigenvalue weighted by Crippen LogP contribution is -2.31. The van der Waals surface area contributed by atoms with Gasteiger partial charge < -0.3 is 14.3 Å². The molecule has 188 valence electrons. The molecular weight excluding hydrogens is 507 g/mol. The van der Waals surface area contributed by atoms with E-state index in [1.165, 1.54) is 29.2 Å². The SMILES string of the molecule is Cc1ccc(C(=O)C2=C(O)C(=O)N(c3nc4ccc(F)cc4s3)C2c2cccc(Oc3ccccc3)c2)o1. The third-order valence-electron chi connectivity index (χ3n) is 6.11. The summed E-state index contributed by atoms with van der Waals surface area (Å²) in [6.45, 7) is 1.69. The predicted octanol–water partition coefficient (Wildman–Crippen LogP) is 6.91. The van der Waals surface area contributed by atoms with Gasteiger partial charge in [0.1, 0.15) is 23.1 Å². The quantitative estimate of drug-likeness (QED) is 0.242. The lowest BCUT2D eigenvalue weighted by molar-refractivity contribution is -0.117. The van der Waals surface area contributed by atoms with Crippen LogP contribution in [0.5, 0.6) is 11.5 Å². The summed E-state index contributed by atoms with van der Waals surface area (Å²) in [4.78, 5) is 32.8.